The SMILES string of the molecule is Cc1cccc(NC(=O)C(C)n2c(=O)c(C(F)(F)F)nc3cc(C)c(C)cc32)c1. The largest absolute Gasteiger partial charge is 0.438 e. The average molecular weight is 403 g/mol. The summed E-state index contributed by atoms with van der Waals surface area (Å²) in [6.07, 6.45) is -4.93. The molecule has 0 aliphatic carbocycles. The molecule has 1 amide bonds. The number of fused-ring (bicyclic) bond motifs is 1. The van der Waals surface area contributed by atoms with Gasteiger partial charge in [0.1, 0.15) is 6.04 Å². The van der Waals surface area contributed by atoms with E-state index >= 15 is 0 Å². The topological polar surface area (TPSA) is 64.0 Å². The molecule has 1 aromatic heterocycles. The molecule has 152 valence electrons. The third kappa shape index (κ3) is 4.01. The van der Waals surface area contributed by atoms with Crippen molar-refractivity contribution in [2.24, 2.45) is 0 Å². The predicted molar refractivity (Wildman–Crippen MR) is 105 cm³/mol. The van der Waals surface area contributed by atoms with E-state index in [-0.39, 0.29) is 11.0 Å². The monoisotopic (exact) mass is 403 g/mol. The summed E-state index contributed by atoms with van der Waals surface area (Å²) in [6, 6.07) is 8.87. The number of nitrogens with zero attached hydrogens (tertiary/aromatic N) is 2. The molecular weight excluding hydrogens is 383 g/mol. The Morgan fingerprint density at radius 2 is 1.76 bits per heavy atom. The molecule has 0 radical (unpaired) electrons. The van der Waals surface area contributed by atoms with Crippen LogP contribution in [0.5, 0.6) is 0 Å². The van der Waals surface area contributed by atoms with Crippen molar-refractivity contribution in [1.82, 2.24) is 9.55 Å². The van der Waals surface area contributed by atoms with Crippen LogP contribution in [0.3, 0.4) is 0 Å². The van der Waals surface area contributed by atoms with Gasteiger partial charge in [0.05, 0.1) is 11.0 Å². The van der Waals surface area contributed by atoms with Crippen LogP contribution in [0.4, 0.5) is 18.9 Å². The number of hydrogen-bond donors (Lipinski definition) is 1. The summed E-state index contributed by atoms with van der Waals surface area (Å²) in [5, 5.41) is 2.66. The summed E-state index contributed by atoms with van der Waals surface area (Å²) in [5.41, 5.74) is 0.222. The molecule has 3 rings (SSSR count). The van der Waals surface area contributed by atoms with Gasteiger partial charge in [-0.1, -0.05) is 12.1 Å². The molecule has 0 spiro atoms. The number of carbonyl (C=O) groups excluding carboxylic acids is 1. The van der Waals surface area contributed by atoms with Crippen LogP contribution in [0.2, 0.25) is 0 Å². The van der Waals surface area contributed by atoms with E-state index in [0.29, 0.717) is 5.69 Å². The fourth-order valence-electron chi connectivity index (χ4n) is 3.12. The second kappa shape index (κ2) is 7.35. The minimum atomic E-state index is -4.93. The van der Waals surface area contributed by atoms with Crippen LogP contribution in [0.25, 0.3) is 11.0 Å². The average Bonchev–Trinajstić information content (AvgIpc) is 2.61. The maximum absolute atomic E-state index is 13.4. The number of aromatic nitrogens is 2. The Morgan fingerprint density at radius 3 is 2.38 bits per heavy atom. The third-order valence-corrected chi connectivity index (χ3v) is 4.82. The van der Waals surface area contributed by atoms with E-state index in [1.54, 1.807) is 38.1 Å². The molecule has 29 heavy (non-hydrogen) atoms. The first-order valence-electron chi connectivity index (χ1n) is 8.97. The summed E-state index contributed by atoms with van der Waals surface area (Å²) in [4.78, 5) is 29.0. The molecule has 0 fully saturated rings. The van der Waals surface area contributed by atoms with Gasteiger partial charge in [0.25, 0.3) is 5.56 Å². The highest BCUT2D eigenvalue weighted by Crippen LogP contribution is 2.28. The van der Waals surface area contributed by atoms with Gasteiger partial charge >= 0.3 is 6.18 Å². The number of carbonyl (C=O) groups is 1. The Balaban J connectivity index is 2.18. The molecule has 0 aliphatic heterocycles. The Bertz CT molecular complexity index is 1170. The van der Waals surface area contributed by atoms with Crippen LogP contribution in [0, 0.1) is 20.8 Å². The zero-order chi connectivity index (χ0) is 21.5. The number of aryl methyl sites for hydroxylation is 3. The molecular formula is C21H20F3N3O2. The van der Waals surface area contributed by atoms with E-state index in [1.165, 1.54) is 13.0 Å². The lowest BCUT2D eigenvalue weighted by Gasteiger charge is -2.20. The molecule has 5 nitrogen and oxygen atoms in total. The number of anilines is 1. The first-order valence-corrected chi connectivity index (χ1v) is 8.97. The second-order valence-corrected chi connectivity index (χ2v) is 7.09. The molecule has 1 N–H and O–H groups in total. The van der Waals surface area contributed by atoms with Gasteiger partial charge in [-0.25, -0.2) is 4.98 Å². The fraction of sp³-hybridized carbons (Fsp3) is 0.286. The van der Waals surface area contributed by atoms with Gasteiger partial charge in [0.15, 0.2) is 0 Å². The Morgan fingerprint density at radius 1 is 1.10 bits per heavy atom. The van der Waals surface area contributed by atoms with Crippen molar-refractivity contribution in [2.45, 2.75) is 39.9 Å². The van der Waals surface area contributed by atoms with Crippen LogP contribution >= 0.6 is 0 Å². The number of alkyl halides is 3. The summed E-state index contributed by atoms with van der Waals surface area (Å²) in [7, 11) is 0. The number of nitrogens with one attached hydrogen (secondary N) is 1. The Labute approximate surface area is 165 Å². The summed E-state index contributed by atoms with van der Waals surface area (Å²) >= 11 is 0. The first-order chi connectivity index (χ1) is 13.5. The van der Waals surface area contributed by atoms with E-state index in [9.17, 15) is 22.8 Å². The summed E-state index contributed by atoms with van der Waals surface area (Å²) in [6.45, 7) is 6.76. The quantitative estimate of drug-likeness (QED) is 0.698. The molecule has 0 bridgehead atoms. The molecule has 0 aliphatic rings. The first kappa shape index (κ1) is 20.6. The summed E-state index contributed by atoms with van der Waals surface area (Å²) < 4.78 is 41.1. The lowest BCUT2D eigenvalue weighted by Crippen LogP contribution is -2.36. The zero-order valence-electron chi connectivity index (χ0n) is 16.4. The van der Waals surface area contributed by atoms with Crippen molar-refractivity contribution >= 4 is 22.6 Å². The smallest absolute Gasteiger partial charge is 0.324 e. The molecule has 0 saturated heterocycles. The van der Waals surface area contributed by atoms with Crippen molar-refractivity contribution in [1.29, 1.82) is 0 Å². The van der Waals surface area contributed by atoms with Crippen LogP contribution < -0.4 is 10.9 Å². The van der Waals surface area contributed by atoms with E-state index in [4.69, 9.17) is 0 Å². The van der Waals surface area contributed by atoms with E-state index in [2.05, 4.69) is 10.3 Å². The van der Waals surface area contributed by atoms with Gasteiger partial charge in [-0.15, -0.1) is 0 Å². The number of hydrogen-bond acceptors (Lipinski definition) is 3. The molecule has 1 heterocycles. The standard InChI is InChI=1S/C21H20F3N3O2/c1-11-6-5-7-15(8-11)25-19(28)14(4)27-17-10-13(3)12(2)9-16(17)26-18(20(27)29)21(22,23)24/h5-10,14H,1-4H3,(H,25,28). The molecule has 8 heteroatoms. The van der Waals surface area contributed by atoms with E-state index in [0.717, 1.165) is 21.3 Å². The zero-order valence-corrected chi connectivity index (χ0v) is 16.4. The highest BCUT2D eigenvalue weighted by atomic mass is 19.4. The van der Waals surface area contributed by atoms with Crippen LogP contribution in [0.1, 0.15) is 35.3 Å². The molecule has 0 saturated carbocycles. The molecule has 2 aromatic carbocycles. The fourth-order valence-corrected chi connectivity index (χ4v) is 3.12. The summed E-state index contributed by atoms with van der Waals surface area (Å²) in [5.74, 6) is -0.600. The Kier molecular flexibility index (Phi) is 5.21. The molecule has 1 unspecified atom stereocenters. The van der Waals surface area contributed by atoms with Crippen molar-refractivity contribution in [3.63, 3.8) is 0 Å². The lowest BCUT2D eigenvalue weighted by molar-refractivity contribution is -0.142. The van der Waals surface area contributed by atoms with Crippen LogP contribution in [0.15, 0.2) is 41.2 Å². The van der Waals surface area contributed by atoms with Crippen LogP contribution in [-0.4, -0.2) is 15.5 Å². The molecule has 3 aromatic rings. The Hall–Kier alpha value is -3.16. The van der Waals surface area contributed by atoms with Gasteiger partial charge in [0, 0.05) is 5.69 Å². The molecule has 1 atom stereocenters. The van der Waals surface area contributed by atoms with Gasteiger partial charge in [-0.3, -0.25) is 14.2 Å². The van der Waals surface area contributed by atoms with Gasteiger partial charge in [-0.05, 0) is 68.7 Å². The van der Waals surface area contributed by atoms with Crippen molar-refractivity contribution in [3.8, 4) is 0 Å². The number of benzene rings is 2. The van der Waals surface area contributed by atoms with Crippen molar-refractivity contribution in [2.75, 3.05) is 5.32 Å². The van der Waals surface area contributed by atoms with Gasteiger partial charge < -0.3 is 5.32 Å². The van der Waals surface area contributed by atoms with E-state index in [1.807, 2.05) is 13.0 Å². The second-order valence-electron chi connectivity index (χ2n) is 7.09. The highest BCUT2D eigenvalue weighted by Gasteiger charge is 2.38. The van der Waals surface area contributed by atoms with Crippen LogP contribution in [-0.2, 0) is 11.0 Å². The van der Waals surface area contributed by atoms with Crippen molar-refractivity contribution in [3.05, 3.63) is 69.1 Å². The maximum atomic E-state index is 13.4. The van der Waals surface area contributed by atoms with E-state index < -0.39 is 29.4 Å². The number of halogens is 3. The van der Waals surface area contributed by atoms with Crippen molar-refractivity contribution < 1.29 is 18.0 Å². The normalized spacial score (nSPS) is 12.8. The highest BCUT2D eigenvalue weighted by molar-refractivity contribution is 5.94. The lowest BCUT2D eigenvalue weighted by atomic mass is 10.1. The number of amides is 1. The predicted octanol–water partition coefficient (Wildman–Crippen LogP) is 4.54. The third-order valence-electron chi connectivity index (χ3n) is 4.82. The van der Waals surface area contributed by atoms with Gasteiger partial charge in [0.2, 0.25) is 11.6 Å². The maximum Gasteiger partial charge on any atom is 0.438 e. The minimum absolute atomic E-state index is 0.00947. The van der Waals surface area contributed by atoms with Gasteiger partial charge in [-0.2, -0.15) is 13.2 Å². The number of rotatable bonds is 3. The minimum Gasteiger partial charge on any atom is -0.324 e.